The van der Waals surface area contributed by atoms with Gasteiger partial charge in [0.15, 0.2) is 0 Å². The van der Waals surface area contributed by atoms with Crippen LogP contribution in [0.2, 0.25) is 0 Å². The largest absolute Gasteiger partial charge is 0.481 e. The molecule has 1 aromatic carbocycles. The fraction of sp³-hybridized carbons (Fsp3) is 0.462. The first kappa shape index (κ1) is 14.9. The van der Waals surface area contributed by atoms with E-state index in [-0.39, 0.29) is 25.1 Å². The summed E-state index contributed by atoms with van der Waals surface area (Å²) in [7, 11) is -3.71. The highest BCUT2D eigenvalue weighted by Gasteiger charge is 2.44. The number of nitrogens with zero attached hydrogens (tertiary/aromatic N) is 1. The molecule has 1 aromatic rings. The zero-order chi connectivity index (χ0) is 15.0. The van der Waals surface area contributed by atoms with E-state index in [1.165, 1.54) is 25.1 Å². The van der Waals surface area contributed by atoms with E-state index in [1.54, 1.807) is 6.07 Å². The van der Waals surface area contributed by atoms with Crippen LogP contribution < -0.4 is 0 Å². The first-order chi connectivity index (χ1) is 9.24. The fourth-order valence-electron chi connectivity index (χ4n) is 2.23. The standard InChI is InChI=1S/C13H16FNO4S/c1-13(12(16)17)6-7-15(9-13)20(18,19)8-10-4-2-3-5-11(10)14/h2-5H,6-9H2,1H3,(H,16,17). The molecule has 1 unspecified atom stereocenters. The molecule has 0 radical (unpaired) electrons. The van der Waals surface area contributed by atoms with E-state index < -0.39 is 33.0 Å². The van der Waals surface area contributed by atoms with Gasteiger partial charge in [-0.2, -0.15) is 0 Å². The zero-order valence-corrected chi connectivity index (χ0v) is 11.9. The van der Waals surface area contributed by atoms with Crippen LogP contribution in [0.15, 0.2) is 24.3 Å². The van der Waals surface area contributed by atoms with Gasteiger partial charge in [0.1, 0.15) is 5.82 Å². The minimum Gasteiger partial charge on any atom is -0.481 e. The van der Waals surface area contributed by atoms with Crippen molar-refractivity contribution in [2.24, 2.45) is 5.41 Å². The van der Waals surface area contributed by atoms with E-state index in [9.17, 15) is 17.6 Å². The average Bonchev–Trinajstić information content (AvgIpc) is 2.77. The summed E-state index contributed by atoms with van der Waals surface area (Å²) in [4.78, 5) is 11.1. The number of sulfonamides is 1. The molecule has 0 bridgehead atoms. The van der Waals surface area contributed by atoms with Gasteiger partial charge in [0, 0.05) is 18.7 Å². The number of rotatable bonds is 4. The molecule has 2 rings (SSSR count). The Bertz CT molecular complexity index is 631. The van der Waals surface area contributed by atoms with Crippen LogP contribution in [0, 0.1) is 11.2 Å². The maximum atomic E-state index is 13.5. The number of benzene rings is 1. The van der Waals surface area contributed by atoms with Crippen molar-refractivity contribution in [2.75, 3.05) is 13.1 Å². The van der Waals surface area contributed by atoms with Gasteiger partial charge in [-0.3, -0.25) is 4.79 Å². The molecule has 0 aliphatic carbocycles. The maximum absolute atomic E-state index is 13.5. The minimum absolute atomic E-state index is 0.0703. The molecule has 5 nitrogen and oxygen atoms in total. The lowest BCUT2D eigenvalue weighted by Gasteiger charge is -2.20. The summed E-state index contributed by atoms with van der Waals surface area (Å²) in [5.74, 6) is -2.03. The van der Waals surface area contributed by atoms with Crippen molar-refractivity contribution in [3.63, 3.8) is 0 Å². The second-order valence-electron chi connectivity index (χ2n) is 5.30. The highest BCUT2D eigenvalue weighted by molar-refractivity contribution is 7.88. The molecule has 1 fully saturated rings. The molecular weight excluding hydrogens is 285 g/mol. The monoisotopic (exact) mass is 301 g/mol. The predicted molar refractivity (Wildman–Crippen MR) is 71.0 cm³/mol. The van der Waals surface area contributed by atoms with Gasteiger partial charge in [-0.1, -0.05) is 18.2 Å². The molecule has 0 spiro atoms. The number of carboxylic acid groups (broad SMARTS) is 1. The Kier molecular flexibility index (Phi) is 3.84. The van der Waals surface area contributed by atoms with Gasteiger partial charge >= 0.3 is 5.97 Å². The van der Waals surface area contributed by atoms with Crippen molar-refractivity contribution in [2.45, 2.75) is 19.1 Å². The summed E-state index contributed by atoms with van der Waals surface area (Å²) in [6, 6.07) is 5.68. The second-order valence-corrected chi connectivity index (χ2v) is 7.27. The fourth-order valence-corrected chi connectivity index (χ4v) is 3.89. The van der Waals surface area contributed by atoms with Gasteiger partial charge in [-0.25, -0.2) is 17.1 Å². The average molecular weight is 301 g/mol. The molecule has 1 heterocycles. The van der Waals surface area contributed by atoms with Gasteiger partial charge in [-0.15, -0.1) is 0 Å². The van der Waals surface area contributed by atoms with Crippen molar-refractivity contribution in [3.8, 4) is 0 Å². The van der Waals surface area contributed by atoms with Crippen molar-refractivity contribution in [1.82, 2.24) is 4.31 Å². The number of hydrogen-bond donors (Lipinski definition) is 1. The molecule has 1 atom stereocenters. The van der Waals surface area contributed by atoms with Crippen LogP contribution in [0.1, 0.15) is 18.9 Å². The lowest BCUT2D eigenvalue weighted by Crippen LogP contribution is -2.35. The number of carboxylic acids is 1. The third-order valence-corrected chi connectivity index (χ3v) is 5.42. The van der Waals surface area contributed by atoms with E-state index in [0.717, 1.165) is 4.31 Å². The lowest BCUT2D eigenvalue weighted by molar-refractivity contribution is -0.146. The van der Waals surface area contributed by atoms with Crippen molar-refractivity contribution in [1.29, 1.82) is 0 Å². The predicted octanol–water partition coefficient (Wildman–Crippen LogP) is 1.45. The van der Waals surface area contributed by atoms with Gasteiger partial charge in [0.2, 0.25) is 10.0 Å². The molecule has 0 amide bonds. The first-order valence-electron chi connectivity index (χ1n) is 6.19. The van der Waals surface area contributed by atoms with Gasteiger partial charge in [0.25, 0.3) is 0 Å². The molecule has 7 heteroatoms. The minimum atomic E-state index is -3.71. The number of aliphatic carboxylic acids is 1. The Balaban J connectivity index is 2.17. The number of halogens is 1. The van der Waals surface area contributed by atoms with E-state index in [4.69, 9.17) is 5.11 Å². The summed E-state index contributed by atoms with van der Waals surface area (Å²) in [5, 5.41) is 9.11. The molecule has 20 heavy (non-hydrogen) atoms. The number of hydrogen-bond acceptors (Lipinski definition) is 3. The van der Waals surface area contributed by atoms with Gasteiger partial charge in [-0.05, 0) is 19.4 Å². The Hall–Kier alpha value is -1.47. The van der Waals surface area contributed by atoms with Crippen LogP contribution in [0.25, 0.3) is 0 Å². The van der Waals surface area contributed by atoms with E-state index in [0.29, 0.717) is 0 Å². The van der Waals surface area contributed by atoms with Crippen molar-refractivity contribution in [3.05, 3.63) is 35.6 Å². The summed E-state index contributed by atoms with van der Waals surface area (Å²) in [6.07, 6.45) is 0.263. The summed E-state index contributed by atoms with van der Waals surface area (Å²) < 4.78 is 39.1. The Morgan fingerprint density at radius 1 is 1.45 bits per heavy atom. The SMILES string of the molecule is CC1(C(=O)O)CCN(S(=O)(=O)Cc2ccccc2F)C1. The highest BCUT2D eigenvalue weighted by atomic mass is 32.2. The van der Waals surface area contributed by atoms with Gasteiger partial charge in [0.05, 0.1) is 11.2 Å². The topological polar surface area (TPSA) is 74.7 Å². The highest BCUT2D eigenvalue weighted by Crippen LogP contribution is 2.32. The van der Waals surface area contributed by atoms with Crippen molar-refractivity contribution >= 4 is 16.0 Å². The quantitative estimate of drug-likeness (QED) is 0.913. The number of carbonyl (C=O) groups is 1. The Labute approximate surface area is 117 Å². The Morgan fingerprint density at radius 2 is 2.10 bits per heavy atom. The van der Waals surface area contributed by atoms with Crippen LogP contribution in [-0.2, 0) is 20.6 Å². The molecule has 1 saturated heterocycles. The summed E-state index contributed by atoms with van der Waals surface area (Å²) >= 11 is 0. The normalized spacial score (nSPS) is 23.9. The van der Waals surface area contributed by atoms with E-state index >= 15 is 0 Å². The molecule has 1 aliphatic rings. The molecular formula is C13H16FNO4S. The Morgan fingerprint density at radius 3 is 2.65 bits per heavy atom. The third kappa shape index (κ3) is 2.83. The van der Waals surface area contributed by atoms with Crippen LogP contribution in [0.5, 0.6) is 0 Å². The summed E-state index contributed by atoms with van der Waals surface area (Å²) in [6.45, 7) is 1.60. The molecule has 0 aromatic heterocycles. The molecule has 0 saturated carbocycles. The maximum Gasteiger partial charge on any atom is 0.310 e. The first-order valence-corrected chi connectivity index (χ1v) is 7.80. The van der Waals surface area contributed by atoms with Crippen LogP contribution >= 0.6 is 0 Å². The van der Waals surface area contributed by atoms with Crippen molar-refractivity contribution < 1.29 is 22.7 Å². The zero-order valence-electron chi connectivity index (χ0n) is 11.0. The lowest BCUT2D eigenvalue weighted by atomic mass is 9.90. The van der Waals surface area contributed by atoms with E-state index in [1.807, 2.05) is 0 Å². The molecule has 110 valence electrons. The van der Waals surface area contributed by atoms with Crippen LogP contribution in [-0.4, -0.2) is 36.9 Å². The molecule has 1 N–H and O–H groups in total. The van der Waals surface area contributed by atoms with Crippen LogP contribution in [0.3, 0.4) is 0 Å². The summed E-state index contributed by atoms with van der Waals surface area (Å²) in [5.41, 5.74) is -0.973. The smallest absolute Gasteiger partial charge is 0.310 e. The van der Waals surface area contributed by atoms with Crippen LogP contribution in [0.4, 0.5) is 4.39 Å². The molecule has 1 aliphatic heterocycles. The second kappa shape index (κ2) is 5.14. The van der Waals surface area contributed by atoms with E-state index in [2.05, 4.69) is 0 Å². The van der Waals surface area contributed by atoms with Gasteiger partial charge < -0.3 is 5.11 Å². The third-order valence-electron chi connectivity index (χ3n) is 3.64.